The summed E-state index contributed by atoms with van der Waals surface area (Å²) in [6.45, 7) is -3.43. The Bertz CT molecular complexity index is 1490. The van der Waals surface area contributed by atoms with Crippen molar-refractivity contribution in [3.8, 4) is 0 Å². The summed E-state index contributed by atoms with van der Waals surface area (Å²) >= 11 is 0. The molecular formula is C24H24FeNP. The Morgan fingerprint density at radius 1 is 0.704 bits per heavy atom. The molecule has 2 aromatic carbocycles. The van der Waals surface area contributed by atoms with Gasteiger partial charge in [-0.25, -0.2) is 0 Å². The molecule has 0 amide bonds. The van der Waals surface area contributed by atoms with E-state index in [4.69, 9.17) is 0 Å². The molecule has 0 N–H and O–H groups in total. The van der Waals surface area contributed by atoms with Crippen LogP contribution in [0.2, 0.25) is 38.5 Å². The number of fused-ring (bicyclic) bond motifs is 10. The van der Waals surface area contributed by atoms with Gasteiger partial charge < -0.3 is 0 Å². The van der Waals surface area contributed by atoms with Gasteiger partial charge >= 0.3 is 152 Å². The third kappa shape index (κ3) is 0.201. The quantitative estimate of drug-likeness (QED) is 0.510. The molecule has 0 bridgehead atoms. The Morgan fingerprint density at radius 3 is 1.52 bits per heavy atom. The average Bonchev–Trinajstić information content (AvgIpc) is 3.64. The van der Waals surface area contributed by atoms with Crippen molar-refractivity contribution in [2.24, 2.45) is 0 Å². The van der Waals surface area contributed by atoms with Gasteiger partial charge in [0.1, 0.15) is 0 Å². The topological polar surface area (TPSA) is 3.24 Å². The normalized spacial score (nSPS) is 82.4. The molecular weight excluding hydrogens is 389 g/mol. The number of rotatable bonds is 4. The van der Waals surface area contributed by atoms with Crippen LogP contribution >= 0.6 is 7.92 Å². The van der Waals surface area contributed by atoms with E-state index in [9.17, 15) is 0 Å². The summed E-state index contributed by atoms with van der Waals surface area (Å²) in [4.78, 5) is 13.7. The van der Waals surface area contributed by atoms with Crippen LogP contribution in [0.1, 0.15) is 0 Å². The molecule has 10 heterocycles. The maximum atomic E-state index is 2.91. The van der Waals surface area contributed by atoms with Gasteiger partial charge in [-0.1, -0.05) is 0 Å². The van der Waals surface area contributed by atoms with E-state index in [1.165, 1.54) is 38.5 Å². The number of hydrogen-bond acceptors (Lipinski definition) is 1. The summed E-state index contributed by atoms with van der Waals surface area (Å²) in [6, 6.07) is 23.8. The van der Waals surface area contributed by atoms with Crippen molar-refractivity contribution in [2.75, 3.05) is 14.1 Å². The Balaban J connectivity index is 1.32. The molecule has 1 nitrogen and oxygen atoms in total. The van der Waals surface area contributed by atoms with Crippen molar-refractivity contribution in [1.82, 2.24) is 4.90 Å². The molecule has 5 atom stereocenters. The van der Waals surface area contributed by atoms with Crippen LogP contribution in [0.25, 0.3) is 0 Å². The number of nitrogens with zero attached hydrogens (tertiary/aromatic N) is 1. The Labute approximate surface area is 151 Å². The molecule has 4 unspecified atom stereocenters. The van der Waals surface area contributed by atoms with Gasteiger partial charge in [0.2, 0.25) is 0 Å². The average molecular weight is 413 g/mol. The van der Waals surface area contributed by atoms with Crippen molar-refractivity contribution >= 4 is 18.5 Å². The second-order valence-electron chi connectivity index (χ2n) is 13.6. The summed E-state index contributed by atoms with van der Waals surface area (Å²) in [5.74, 6) is 0. The summed E-state index contributed by atoms with van der Waals surface area (Å²) in [5.41, 5.74) is 0. The SMILES string of the molecule is CN(C)[C@@]12[CH]3[CH]4[CH]5[C]1(P(c1ccccc1)c1ccccc1)[Fe]45321678[CH]2[CH]1[CH]6[CH]7[CH]28. The van der Waals surface area contributed by atoms with Crippen LogP contribution in [0.15, 0.2) is 60.7 Å². The van der Waals surface area contributed by atoms with Gasteiger partial charge in [0.25, 0.3) is 0 Å². The van der Waals surface area contributed by atoms with E-state index in [-0.39, 0.29) is 7.92 Å². The zero-order valence-electron chi connectivity index (χ0n) is 15.6. The van der Waals surface area contributed by atoms with Gasteiger partial charge in [0.05, 0.1) is 0 Å². The Kier molecular flexibility index (Phi) is 0.645. The molecule has 27 heavy (non-hydrogen) atoms. The van der Waals surface area contributed by atoms with Crippen LogP contribution in [0.3, 0.4) is 0 Å². The summed E-state index contributed by atoms with van der Waals surface area (Å²) < 4.78 is 1.61. The zero-order valence-corrected chi connectivity index (χ0v) is 17.6. The van der Waals surface area contributed by atoms with Crippen LogP contribution < -0.4 is 10.6 Å². The minimum atomic E-state index is -3.43. The molecule has 3 heteroatoms. The molecule has 0 aromatic heterocycles. The van der Waals surface area contributed by atoms with E-state index in [2.05, 4.69) is 79.7 Å². The second-order valence-corrected chi connectivity index (χ2v) is 39.6. The fourth-order valence-electron chi connectivity index (χ4n) is 19.9. The standard InChI is InChI=1S/C19H19NP.C5H5.Fe/c1-20(2)18-14-9-15-19(18)21(16-10-5-3-6-11-16)17-12-7-4-8-13-17;1-2-4-5-3-1;/h3-15H,1-2H3;1-5H;. The first kappa shape index (κ1) is 12.1. The van der Waals surface area contributed by atoms with Crippen molar-refractivity contribution in [2.45, 2.75) is 47.0 Å². The van der Waals surface area contributed by atoms with Gasteiger partial charge in [-0.05, 0) is 0 Å². The third-order valence-electron chi connectivity index (χ3n) is 17.7. The number of hydrogen-bond donors (Lipinski definition) is 0. The van der Waals surface area contributed by atoms with Crippen molar-refractivity contribution in [3.63, 3.8) is 0 Å². The van der Waals surface area contributed by atoms with Crippen molar-refractivity contribution in [1.29, 1.82) is 0 Å². The van der Waals surface area contributed by atoms with E-state index < -0.39 is 6.51 Å². The van der Waals surface area contributed by atoms with Gasteiger partial charge in [0, 0.05) is 0 Å². The first-order chi connectivity index (χ1) is 13.0. The van der Waals surface area contributed by atoms with E-state index in [0.29, 0.717) is 0 Å². The monoisotopic (exact) mass is 413 g/mol. The van der Waals surface area contributed by atoms with Crippen LogP contribution in [0.4, 0.5) is 0 Å². The molecule has 0 radical (unpaired) electrons. The number of benzene rings is 2. The van der Waals surface area contributed by atoms with E-state index >= 15 is 0 Å². The van der Waals surface area contributed by atoms with Gasteiger partial charge in [0.15, 0.2) is 0 Å². The minimum absolute atomic E-state index is 0.191. The predicted molar refractivity (Wildman–Crippen MR) is 108 cm³/mol. The molecule has 0 aliphatic carbocycles. The van der Waals surface area contributed by atoms with Crippen LogP contribution in [0, 0.1) is 0 Å². The van der Waals surface area contributed by atoms with Crippen LogP contribution in [-0.4, -0.2) is 27.5 Å². The molecule has 138 valence electrons. The van der Waals surface area contributed by atoms with E-state index in [0.717, 1.165) is 8.49 Å². The summed E-state index contributed by atoms with van der Waals surface area (Å²) in [6.07, 6.45) is 0. The summed E-state index contributed by atoms with van der Waals surface area (Å²) in [7, 11) is 4.85. The first-order valence-corrected chi connectivity index (χ1v) is 18.3. The second kappa shape index (κ2) is 1.43. The maximum absolute atomic E-state index is 3.43. The van der Waals surface area contributed by atoms with Gasteiger partial charge in [-0.15, -0.1) is 0 Å². The predicted octanol–water partition coefficient (Wildman–Crippen LogP) is 4.89. The van der Waals surface area contributed by atoms with Crippen LogP contribution in [-0.2, 0) is 6.51 Å². The van der Waals surface area contributed by atoms with E-state index in [1.54, 1.807) is 10.6 Å². The molecule has 10 fully saturated rings. The Morgan fingerprint density at radius 2 is 1.19 bits per heavy atom. The first-order valence-electron chi connectivity index (χ1n) is 10.8. The Hall–Kier alpha value is -0.651. The molecule has 10 aliphatic rings. The van der Waals surface area contributed by atoms with Crippen molar-refractivity contribution in [3.05, 3.63) is 60.7 Å². The molecule has 12 rings (SSSR count). The zero-order chi connectivity index (χ0) is 17.3. The van der Waals surface area contributed by atoms with E-state index in [1.807, 2.05) is 0 Å². The molecule has 0 saturated carbocycles. The molecule has 1 spiro atoms. The summed E-state index contributed by atoms with van der Waals surface area (Å²) in [5, 5.41) is 3.43. The molecule has 2 aromatic rings. The van der Waals surface area contributed by atoms with Crippen LogP contribution in [0.5, 0.6) is 0 Å². The fourth-order valence-corrected chi connectivity index (χ4v) is 111. The van der Waals surface area contributed by atoms with Gasteiger partial charge in [-0.2, -0.15) is 0 Å². The molecule has 10 saturated heterocycles. The fraction of sp³-hybridized carbons (Fsp3) is 0.500. The third-order valence-corrected chi connectivity index (χ3v) is 67.4. The molecule has 10 aliphatic heterocycles. The van der Waals surface area contributed by atoms with Crippen molar-refractivity contribution < 1.29 is 6.51 Å². The van der Waals surface area contributed by atoms with Gasteiger partial charge in [-0.3, -0.25) is 0 Å².